The summed E-state index contributed by atoms with van der Waals surface area (Å²) >= 11 is 1.24. The highest BCUT2D eigenvalue weighted by Crippen LogP contribution is 2.37. The molecule has 4 rings (SSSR count). The maximum absolute atomic E-state index is 13.4. The van der Waals surface area contributed by atoms with Crippen LogP contribution in [-0.4, -0.2) is 24.4 Å². The molecule has 1 N–H and O–H groups in total. The fourth-order valence-electron chi connectivity index (χ4n) is 3.25. The van der Waals surface area contributed by atoms with Gasteiger partial charge in [-0.2, -0.15) is 0 Å². The zero-order valence-corrected chi connectivity index (χ0v) is 18.8. The molecule has 1 aliphatic heterocycles. The number of thioether (sulfide) groups is 1. The van der Waals surface area contributed by atoms with Crippen LogP contribution < -0.4 is 10.2 Å². The van der Waals surface area contributed by atoms with Crippen molar-refractivity contribution >= 4 is 40.9 Å². The summed E-state index contributed by atoms with van der Waals surface area (Å²) in [5, 5.41) is 3.12. The minimum Gasteiger partial charge on any atom is -0.462 e. The fourth-order valence-corrected chi connectivity index (χ4v) is 4.19. The second-order valence-electron chi connectivity index (χ2n) is 7.24. The molecule has 0 aliphatic carbocycles. The maximum Gasteiger partial charge on any atom is 0.338 e. The molecule has 0 aromatic heterocycles. The molecule has 1 aliphatic rings. The fraction of sp³-hybridized carbons (Fsp3) is 0.115. The van der Waals surface area contributed by atoms with E-state index in [4.69, 9.17) is 4.74 Å². The van der Waals surface area contributed by atoms with Gasteiger partial charge < -0.3 is 10.1 Å². The van der Waals surface area contributed by atoms with Gasteiger partial charge in [0.25, 0.3) is 11.8 Å². The lowest BCUT2D eigenvalue weighted by Crippen LogP contribution is -2.32. The van der Waals surface area contributed by atoms with E-state index in [0.717, 1.165) is 16.2 Å². The second-order valence-corrected chi connectivity index (χ2v) is 8.32. The number of para-hydroxylation sites is 1. The van der Waals surface area contributed by atoms with Gasteiger partial charge in [0, 0.05) is 10.6 Å². The van der Waals surface area contributed by atoms with Crippen LogP contribution >= 0.6 is 11.8 Å². The molecule has 3 aromatic rings. The Morgan fingerprint density at radius 3 is 2.15 bits per heavy atom. The molecule has 0 radical (unpaired) electrons. The van der Waals surface area contributed by atoms with E-state index in [1.54, 1.807) is 24.3 Å². The number of carbonyl (C=O) groups excluding carboxylic acids is 3. The van der Waals surface area contributed by atoms with Gasteiger partial charge in [0.15, 0.2) is 0 Å². The molecule has 3 aromatic carbocycles. The van der Waals surface area contributed by atoms with Crippen molar-refractivity contribution in [1.29, 1.82) is 0 Å². The van der Waals surface area contributed by atoms with Crippen molar-refractivity contribution in [1.82, 2.24) is 0 Å². The first-order valence-electron chi connectivity index (χ1n) is 10.5. The van der Waals surface area contributed by atoms with Gasteiger partial charge in [-0.15, -0.1) is 0 Å². The first kappa shape index (κ1) is 22.4. The molecule has 1 heterocycles. The van der Waals surface area contributed by atoms with Gasteiger partial charge in [0.05, 0.1) is 17.9 Å². The van der Waals surface area contributed by atoms with E-state index in [9.17, 15) is 14.4 Å². The van der Waals surface area contributed by atoms with Crippen molar-refractivity contribution in [2.24, 2.45) is 0 Å². The van der Waals surface area contributed by atoms with Gasteiger partial charge in [0.2, 0.25) is 0 Å². The Bertz CT molecular complexity index is 1130. The molecule has 0 saturated carbocycles. The number of ether oxygens (including phenoxy) is 1. The molecule has 6 nitrogen and oxygen atoms in total. The highest BCUT2D eigenvalue weighted by atomic mass is 32.2. The highest BCUT2D eigenvalue weighted by molar-refractivity contribution is 8.04. The summed E-state index contributed by atoms with van der Waals surface area (Å²) in [4.78, 5) is 41.1. The third-order valence-corrected chi connectivity index (χ3v) is 5.94. The van der Waals surface area contributed by atoms with Crippen LogP contribution in [0.5, 0.6) is 0 Å². The first-order chi connectivity index (χ1) is 16.1. The maximum atomic E-state index is 13.4. The smallest absolute Gasteiger partial charge is 0.338 e. The van der Waals surface area contributed by atoms with Crippen LogP contribution in [0, 0.1) is 0 Å². The van der Waals surface area contributed by atoms with Gasteiger partial charge in [-0.05, 0) is 55.0 Å². The molecule has 7 heteroatoms. The van der Waals surface area contributed by atoms with Crippen LogP contribution in [0.4, 0.5) is 11.4 Å². The number of benzene rings is 3. The minimum atomic E-state index is -0.455. The van der Waals surface area contributed by atoms with E-state index in [0.29, 0.717) is 28.5 Å². The van der Waals surface area contributed by atoms with Crippen molar-refractivity contribution < 1.29 is 19.1 Å². The summed E-state index contributed by atoms with van der Waals surface area (Å²) in [6, 6.07) is 24.9. The number of nitrogens with one attached hydrogen (secondary N) is 1. The van der Waals surface area contributed by atoms with Gasteiger partial charge >= 0.3 is 5.97 Å². The zero-order valence-electron chi connectivity index (χ0n) is 18.0. The molecular formula is C26H22N2O4S. The number of esters is 1. The normalized spacial score (nSPS) is 13.4. The molecular weight excluding hydrogens is 436 g/mol. The number of anilines is 2. The standard InChI is InChI=1S/C26H22N2O4S/c1-2-17-32-26(31)18-13-15-20(16-14-18)28-24(29)22(27-19-9-5-3-6-10-19)23(25(28)30)33-21-11-7-4-8-12-21/h3-16,27H,2,17H2,1H3. The van der Waals surface area contributed by atoms with Crippen molar-refractivity contribution in [2.45, 2.75) is 18.2 Å². The molecule has 0 unspecified atom stereocenters. The number of carbonyl (C=O) groups is 3. The van der Waals surface area contributed by atoms with E-state index in [2.05, 4.69) is 5.32 Å². The predicted molar refractivity (Wildman–Crippen MR) is 129 cm³/mol. The number of rotatable bonds is 8. The van der Waals surface area contributed by atoms with E-state index in [-0.39, 0.29) is 5.70 Å². The predicted octanol–water partition coefficient (Wildman–Crippen LogP) is 5.24. The summed E-state index contributed by atoms with van der Waals surface area (Å²) in [6.07, 6.45) is 0.728. The lowest BCUT2D eigenvalue weighted by atomic mass is 10.2. The number of hydrogen-bond acceptors (Lipinski definition) is 6. The third-order valence-electron chi connectivity index (χ3n) is 4.85. The largest absolute Gasteiger partial charge is 0.462 e. The summed E-state index contributed by atoms with van der Waals surface area (Å²) in [7, 11) is 0. The van der Waals surface area contributed by atoms with Crippen LogP contribution in [0.2, 0.25) is 0 Å². The molecule has 0 saturated heterocycles. The number of nitrogens with zero attached hydrogens (tertiary/aromatic N) is 1. The number of hydrogen-bond donors (Lipinski definition) is 1. The Kier molecular flexibility index (Phi) is 6.90. The van der Waals surface area contributed by atoms with Crippen molar-refractivity contribution in [2.75, 3.05) is 16.8 Å². The van der Waals surface area contributed by atoms with E-state index in [1.807, 2.05) is 67.6 Å². The van der Waals surface area contributed by atoms with Crippen LogP contribution in [0.1, 0.15) is 23.7 Å². The zero-order chi connectivity index (χ0) is 23.2. The van der Waals surface area contributed by atoms with E-state index in [1.165, 1.54) is 11.8 Å². The summed E-state index contributed by atoms with van der Waals surface area (Å²) in [6.45, 7) is 2.25. The van der Waals surface area contributed by atoms with Crippen molar-refractivity contribution in [3.05, 3.63) is 101 Å². The number of imide groups is 1. The third kappa shape index (κ3) is 4.99. The van der Waals surface area contributed by atoms with Crippen LogP contribution in [-0.2, 0) is 14.3 Å². The molecule has 0 bridgehead atoms. The molecule has 2 amide bonds. The van der Waals surface area contributed by atoms with Crippen molar-refractivity contribution in [3.63, 3.8) is 0 Å². The monoisotopic (exact) mass is 458 g/mol. The Balaban J connectivity index is 1.64. The van der Waals surface area contributed by atoms with E-state index < -0.39 is 17.8 Å². The lowest BCUT2D eigenvalue weighted by Gasteiger charge is -2.15. The topological polar surface area (TPSA) is 75.7 Å². The molecule has 33 heavy (non-hydrogen) atoms. The number of amides is 2. The average molecular weight is 459 g/mol. The Labute approximate surface area is 196 Å². The van der Waals surface area contributed by atoms with Gasteiger partial charge in [-0.25, -0.2) is 9.69 Å². The SMILES string of the molecule is CCCOC(=O)c1ccc(N2C(=O)C(Nc3ccccc3)=C(Sc3ccccc3)C2=O)cc1. The first-order valence-corrected chi connectivity index (χ1v) is 11.4. The quantitative estimate of drug-likeness (QED) is 0.367. The van der Waals surface area contributed by atoms with E-state index >= 15 is 0 Å². The Hall–Kier alpha value is -3.84. The molecule has 0 spiro atoms. The summed E-state index contributed by atoms with van der Waals surface area (Å²) in [5.41, 5.74) is 1.66. The van der Waals surface area contributed by atoms with Gasteiger partial charge in [-0.1, -0.05) is 55.1 Å². The lowest BCUT2D eigenvalue weighted by molar-refractivity contribution is -0.120. The summed E-state index contributed by atoms with van der Waals surface area (Å²) in [5.74, 6) is -1.32. The Morgan fingerprint density at radius 2 is 1.52 bits per heavy atom. The highest BCUT2D eigenvalue weighted by Gasteiger charge is 2.40. The minimum absolute atomic E-state index is 0.214. The van der Waals surface area contributed by atoms with Crippen molar-refractivity contribution in [3.8, 4) is 0 Å². The molecule has 0 fully saturated rings. The second kappa shape index (κ2) is 10.2. The average Bonchev–Trinajstić information content (AvgIpc) is 3.08. The van der Waals surface area contributed by atoms with Crippen LogP contribution in [0.15, 0.2) is 100 Å². The van der Waals surface area contributed by atoms with Gasteiger partial charge in [0.1, 0.15) is 10.6 Å². The van der Waals surface area contributed by atoms with Crippen LogP contribution in [0.25, 0.3) is 0 Å². The Morgan fingerprint density at radius 1 is 0.879 bits per heavy atom. The summed E-state index contributed by atoms with van der Waals surface area (Å²) < 4.78 is 5.14. The van der Waals surface area contributed by atoms with Crippen LogP contribution in [0.3, 0.4) is 0 Å². The molecule has 0 atom stereocenters. The van der Waals surface area contributed by atoms with Gasteiger partial charge in [-0.3, -0.25) is 9.59 Å². The molecule has 166 valence electrons.